The molecule has 4 heteroatoms. The van der Waals surface area contributed by atoms with Crippen molar-refractivity contribution in [2.24, 2.45) is 5.73 Å². The van der Waals surface area contributed by atoms with E-state index in [0.717, 1.165) is 19.4 Å². The van der Waals surface area contributed by atoms with Gasteiger partial charge in [0.1, 0.15) is 6.42 Å². The predicted molar refractivity (Wildman–Crippen MR) is 69.4 cm³/mol. The Labute approximate surface area is 105 Å². The zero-order valence-corrected chi connectivity index (χ0v) is 11.2. The summed E-state index contributed by atoms with van der Waals surface area (Å²) in [5, 5.41) is 0. The monoisotopic (exact) mass is 242 g/mol. The van der Waals surface area contributed by atoms with E-state index in [1.54, 1.807) is 4.90 Å². The number of unbranched alkanes of at least 4 members (excludes halogenated alkanes) is 5. The molecule has 0 aromatic rings. The molecule has 0 rings (SSSR count). The molecule has 0 saturated carbocycles. The topological polar surface area (TPSA) is 63.4 Å². The number of nitrogens with two attached hydrogens (primary N) is 1. The molecule has 0 spiro atoms. The molecule has 2 N–H and O–H groups in total. The first kappa shape index (κ1) is 15.9. The van der Waals surface area contributed by atoms with Gasteiger partial charge in [-0.05, 0) is 13.3 Å². The van der Waals surface area contributed by atoms with Crippen molar-refractivity contribution in [3.05, 3.63) is 0 Å². The van der Waals surface area contributed by atoms with Crippen LogP contribution in [0.25, 0.3) is 0 Å². The second kappa shape index (κ2) is 10.1. The number of nitrogens with zero attached hydrogens (tertiary/aromatic N) is 1. The fraction of sp³-hybridized carbons (Fsp3) is 0.846. The second-order valence-corrected chi connectivity index (χ2v) is 4.38. The molecule has 0 aliphatic heterocycles. The molecule has 0 aliphatic rings. The molecule has 0 aliphatic carbocycles. The van der Waals surface area contributed by atoms with Crippen LogP contribution in [-0.4, -0.2) is 29.8 Å². The first-order valence-electron chi connectivity index (χ1n) is 6.67. The highest BCUT2D eigenvalue weighted by Gasteiger charge is 2.13. The van der Waals surface area contributed by atoms with Crippen LogP contribution in [0.1, 0.15) is 58.8 Å². The van der Waals surface area contributed by atoms with Crippen molar-refractivity contribution in [3.63, 3.8) is 0 Å². The molecule has 4 nitrogen and oxygen atoms in total. The van der Waals surface area contributed by atoms with E-state index in [0.29, 0.717) is 6.54 Å². The van der Waals surface area contributed by atoms with Gasteiger partial charge in [-0.3, -0.25) is 9.59 Å². The van der Waals surface area contributed by atoms with E-state index < -0.39 is 5.91 Å². The third kappa shape index (κ3) is 8.72. The highest BCUT2D eigenvalue weighted by Crippen LogP contribution is 2.06. The van der Waals surface area contributed by atoms with E-state index in [9.17, 15) is 9.59 Å². The van der Waals surface area contributed by atoms with Crippen LogP contribution in [0.5, 0.6) is 0 Å². The summed E-state index contributed by atoms with van der Waals surface area (Å²) >= 11 is 0. The lowest BCUT2D eigenvalue weighted by molar-refractivity contribution is -0.135. The van der Waals surface area contributed by atoms with Crippen LogP contribution in [-0.2, 0) is 9.59 Å². The molecule has 0 heterocycles. The fourth-order valence-corrected chi connectivity index (χ4v) is 1.80. The van der Waals surface area contributed by atoms with Crippen LogP contribution in [0.2, 0.25) is 0 Å². The maximum absolute atomic E-state index is 11.6. The van der Waals surface area contributed by atoms with Crippen molar-refractivity contribution in [1.82, 2.24) is 4.90 Å². The van der Waals surface area contributed by atoms with E-state index in [1.807, 2.05) is 6.92 Å². The van der Waals surface area contributed by atoms with Crippen LogP contribution in [0, 0.1) is 0 Å². The minimum absolute atomic E-state index is 0.145. The summed E-state index contributed by atoms with van der Waals surface area (Å²) in [4.78, 5) is 23.9. The Bertz CT molecular complexity index is 229. The summed E-state index contributed by atoms with van der Waals surface area (Å²) in [6.07, 6.45) is 7.05. The third-order valence-electron chi connectivity index (χ3n) is 2.84. The number of hydrogen-bond acceptors (Lipinski definition) is 2. The molecule has 0 fully saturated rings. The van der Waals surface area contributed by atoms with Gasteiger partial charge < -0.3 is 10.6 Å². The van der Waals surface area contributed by atoms with Crippen LogP contribution in [0.15, 0.2) is 0 Å². The molecule has 0 atom stereocenters. The van der Waals surface area contributed by atoms with Gasteiger partial charge in [0.2, 0.25) is 11.8 Å². The zero-order valence-electron chi connectivity index (χ0n) is 11.2. The summed E-state index contributed by atoms with van der Waals surface area (Å²) in [5.74, 6) is -0.690. The molecule has 0 bridgehead atoms. The fourth-order valence-electron chi connectivity index (χ4n) is 1.80. The quantitative estimate of drug-likeness (QED) is 0.471. The van der Waals surface area contributed by atoms with Crippen molar-refractivity contribution in [3.8, 4) is 0 Å². The maximum atomic E-state index is 11.6. The molecule has 2 amide bonds. The second-order valence-electron chi connectivity index (χ2n) is 4.38. The number of primary amides is 1. The lowest BCUT2D eigenvalue weighted by Crippen LogP contribution is -2.34. The highest BCUT2D eigenvalue weighted by molar-refractivity contribution is 5.96. The molecular weight excluding hydrogens is 216 g/mol. The Kier molecular flexibility index (Phi) is 9.49. The van der Waals surface area contributed by atoms with Crippen molar-refractivity contribution in [2.45, 2.75) is 58.8 Å². The SMILES string of the molecule is CCCCCCCCN(CC)C(=O)CC(N)=O. The minimum Gasteiger partial charge on any atom is -0.369 e. The van der Waals surface area contributed by atoms with Crippen LogP contribution in [0.3, 0.4) is 0 Å². The minimum atomic E-state index is -0.545. The van der Waals surface area contributed by atoms with E-state index >= 15 is 0 Å². The van der Waals surface area contributed by atoms with Gasteiger partial charge in [0.15, 0.2) is 0 Å². The van der Waals surface area contributed by atoms with Gasteiger partial charge in [-0.15, -0.1) is 0 Å². The predicted octanol–water partition coefficient (Wildman–Crippen LogP) is 2.07. The summed E-state index contributed by atoms with van der Waals surface area (Å²) in [5.41, 5.74) is 5.01. The van der Waals surface area contributed by atoms with Crippen molar-refractivity contribution >= 4 is 11.8 Å². The first-order valence-corrected chi connectivity index (χ1v) is 6.67. The summed E-state index contributed by atoms with van der Waals surface area (Å²) in [7, 11) is 0. The Morgan fingerprint density at radius 1 is 1.00 bits per heavy atom. The molecule has 0 unspecified atom stereocenters. The smallest absolute Gasteiger partial charge is 0.231 e. The average Bonchev–Trinajstić information content (AvgIpc) is 2.27. The molecule has 17 heavy (non-hydrogen) atoms. The van der Waals surface area contributed by atoms with Gasteiger partial charge in [-0.25, -0.2) is 0 Å². The van der Waals surface area contributed by atoms with E-state index in [-0.39, 0.29) is 12.3 Å². The van der Waals surface area contributed by atoms with Crippen molar-refractivity contribution in [1.29, 1.82) is 0 Å². The van der Waals surface area contributed by atoms with Gasteiger partial charge in [-0.1, -0.05) is 39.0 Å². The first-order chi connectivity index (χ1) is 8.11. The zero-order chi connectivity index (χ0) is 13.1. The molecule has 100 valence electrons. The normalized spacial score (nSPS) is 10.2. The van der Waals surface area contributed by atoms with E-state index in [1.165, 1.54) is 25.7 Å². The van der Waals surface area contributed by atoms with Gasteiger partial charge in [0.25, 0.3) is 0 Å². The van der Waals surface area contributed by atoms with Crippen molar-refractivity contribution < 1.29 is 9.59 Å². The van der Waals surface area contributed by atoms with Crippen LogP contribution >= 0.6 is 0 Å². The Morgan fingerprint density at radius 2 is 1.59 bits per heavy atom. The third-order valence-corrected chi connectivity index (χ3v) is 2.84. The molecular formula is C13H26N2O2. The van der Waals surface area contributed by atoms with E-state index in [4.69, 9.17) is 5.73 Å². The number of carbonyl (C=O) groups is 2. The lowest BCUT2D eigenvalue weighted by Gasteiger charge is -2.20. The standard InChI is InChI=1S/C13H26N2O2/c1-3-5-6-7-8-9-10-15(4-2)13(17)11-12(14)16/h3-11H2,1-2H3,(H2,14,16). The van der Waals surface area contributed by atoms with Gasteiger partial charge in [-0.2, -0.15) is 0 Å². The Hall–Kier alpha value is -1.06. The lowest BCUT2D eigenvalue weighted by atomic mass is 10.1. The molecule has 0 aromatic heterocycles. The maximum Gasteiger partial charge on any atom is 0.231 e. The molecule has 0 aromatic carbocycles. The Balaban J connectivity index is 3.67. The summed E-state index contributed by atoms with van der Waals surface area (Å²) < 4.78 is 0. The molecule has 0 radical (unpaired) electrons. The average molecular weight is 242 g/mol. The largest absolute Gasteiger partial charge is 0.369 e. The van der Waals surface area contributed by atoms with Gasteiger partial charge >= 0.3 is 0 Å². The van der Waals surface area contributed by atoms with Crippen LogP contribution < -0.4 is 5.73 Å². The summed E-state index contributed by atoms with van der Waals surface area (Å²) in [6, 6.07) is 0. The number of amides is 2. The summed E-state index contributed by atoms with van der Waals surface area (Å²) in [6.45, 7) is 5.52. The van der Waals surface area contributed by atoms with Crippen molar-refractivity contribution in [2.75, 3.05) is 13.1 Å². The van der Waals surface area contributed by atoms with Crippen LogP contribution in [0.4, 0.5) is 0 Å². The van der Waals surface area contributed by atoms with Gasteiger partial charge in [0.05, 0.1) is 0 Å². The van der Waals surface area contributed by atoms with Gasteiger partial charge in [0, 0.05) is 13.1 Å². The number of carbonyl (C=O) groups excluding carboxylic acids is 2. The van der Waals surface area contributed by atoms with E-state index in [2.05, 4.69) is 6.92 Å². The molecule has 0 saturated heterocycles. The number of rotatable bonds is 10. The Morgan fingerprint density at radius 3 is 2.12 bits per heavy atom. The number of hydrogen-bond donors (Lipinski definition) is 1. The highest BCUT2D eigenvalue weighted by atomic mass is 16.2.